The second-order valence-electron chi connectivity index (χ2n) is 8.25. The van der Waals surface area contributed by atoms with Crippen LogP contribution in [0.2, 0.25) is 0 Å². The van der Waals surface area contributed by atoms with E-state index in [0.717, 1.165) is 12.0 Å². The standard InChI is InChI=1S/C23H27NO6/c1-12-19(14(3)25)13(2)24-20(12)21(27)15(4)29-18(26)11-28-17-9-7-8-16-10-23(5,6)30-22(16)17/h7-9,15,24H,10-11H2,1-6H3. The fourth-order valence-electron chi connectivity index (χ4n) is 3.85. The molecule has 1 atom stereocenters. The van der Waals surface area contributed by atoms with Crippen LogP contribution in [0, 0.1) is 13.8 Å². The number of nitrogens with one attached hydrogen (secondary N) is 1. The molecule has 1 aliphatic rings. The van der Waals surface area contributed by atoms with Crippen molar-refractivity contribution in [3.63, 3.8) is 0 Å². The Kier molecular flexibility index (Phi) is 5.74. The molecular weight excluding hydrogens is 386 g/mol. The normalized spacial score (nSPS) is 15.1. The summed E-state index contributed by atoms with van der Waals surface area (Å²) in [4.78, 5) is 39.7. The molecule has 0 amide bonds. The van der Waals surface area contributed by atoms with Gasteiger partial charge in [0.05, 0.1) is 5.69 Å². The molecule has 1 aromatic carbocycles. The number of benzene rings is 1. The number of rotatable bonds is 7. The summed E-state index contributed by atoms with van der Waals surface area (Å²) in [6.07, 6.45) is -0.263. The van der Waals surface area contributed by atoms with Gasteiger partial charge in [0.2, 0.25) is 5.78 Å². The first-order valence-corrected chi connectivity index (χ1v) is 9.87. The maximum atomic E-state index is 12.7. The number of H-pyrrole nitrogens is 1. The van der Waals surface area contributed by atoms with E-state index in [-0.39, 0.29) is 23.7 Å². The number of carbonyl (C=O) groups excluding carboxylic acids is 3. The molecule has 0 fully saturated rings. The third-order valence-corrected chi connectivity index (χ3v) is 5.11. The maximum Gasteiger partial charge on any atom is 0.344 e. The average molecular weight is 413 g/mol. The summed E-state index contributed by atoms with van der Waals surface area (Å²) in [5, 5.41) is 0. The summed E-state index contributed by atoms with van der Waals surface area (Å²) in [5.41, 5.74) is 2.63. The van der Waals surface area contributed by atoms with Crippen molar-refractivity contribution in [2.75, 3.05) is 6.61 Å². The van der Waals surface area contributed by atoms with Crippen LogP contribution in [0.3, 0.4) is 0 Å². The largest absolute Gasteiger partial charge is 0.483 e. The van der Waals surface area contributed by atoms with Gasteiger partial charge >= 0.3 is 5.97 Å². The minimum absolute atomic E-state index is 0.126. The van der Waals surface area contributed by atoms with Crippen LogP contribution in [-0.2, 0) is 16.0 Å². The highest BCUT2D eigenvalue weighted by molar-refractivity contribution is 6.05. The topological polar surface area (TPSA) is 94.7 Å². The zero-order chi connectivity index (χ0) is 22.2. The lowest BCUT2D eigenvalue weighted by atomic mass is 10.0. The van der Waals surface area contributed by atoms with Gasteiger partial charge in [0.15, 0.2) is 30.0 Å². The van der Waals surface area contributed by atoms with Crippen LogP contribution in [0.15, 0.2) is 18.2 Å². The zero-order valence-electron chi connectivity index (χ0n) is 18.2. The molecule has 1 N–H and O–H groups in total. The number of hydrogen-bond donors (Lipinski definition) is 1. The highest BCUT2D eigenvalue weighted by Crippen LogP contribution is 2.41. The lowest BCUT2D eigenvalue weighted by Gasteiger charge is -2.18. The molecule has 0 radical (unpaired) electrons. The molecule has 30 heavy (non-hydrogen) atoms. The van der Waals surface area contributed by atoms with E-state index in [9.17, 15) is 14.4 Å². The van der Waals surface area contributed by atoms with E-state index in [4.69, 9.17) is 14.2 Å². The van der Waals surface area contributed by atoms with E-state index in [1.165, 1.54) is 13.8 Å². The number of fused-ring (bicyclic) bond motifs is 1. The van der Waals surface area contributed by atoms with Gasteiger partial charge in [0.25, 0.3) is 0 Å². The second kappa shape index (κ2) is 7.97. The molecule has 2 heterocycles. The van der Waals surface area contributed by atoms with Crippen LogP contribution in [-0.4, -0.2) is 40.8 Å². The van der Waals surface area contributed by atoms with Crippen molar-refractivity contribution < 1.29 is 28.6 Å². The van der Waals surface area contributed by atoms with Gasteiger partial charge in [-0.3, -0.25) is 9.59 Å². The summed E-state index contributed by atoms with van der Waals surface area (Å²) >= 11 is 0. The van der Waals surface area contributed by atoms with Crippen LogP contribution in [0.5, 0.6) is 11.5 Å². The summed E-state index contributed by atoms with van der Waals surface area (Å²) in [7, 11) is 0. The number of aryl methyl sites for hydroxylation is 1. The predicted octanol–water partition coefficient (Wildman–Crippen LogP) is 3.74. The Morgan fingerprint density at radius 3 is 2.57 bits per heavy atom. The van der Waals surface area contributed by atoms with Crippen molar-refractivity contribution in [3.05, 3.63) is 46.3 Å². The van der Waals surface area contributed by atoms with Crippen molar-refractivity contribution in [1.82, 2.24) is 4.98 Å². The number of ether oxygens (including phenoxy) is 3. The average Bonchev–Trinajstić information content (AvgIpc) is 3.13. The van der Waals surface area contributed by atoms with Crippen molar-refractivity contribution in [3.8, 4) is 11.5 Å². The smallest absolute Gasteiger partial charge is 0.344 e. The minimum Gasteiger partial charge on any atom is -0.483 e. The Bertz CT molecular complexity index is 1020. The van der Waals surface area contributed by atoms with E-state index < -0.39 is 17.9 Å². The Morgan fingerprint density at radius 1 is 1.23 bits per heavy atom. The van der Waals surface area contributed by atoms with Crippen molar-refractivity contribution >= 4 is 17.5 Å². The Hall–Kier alpha value is -3.09. The molecule has 2 aromatic rings. The quantitative estimate of drug-likeness (QED) is 0.549. The van der Waals surface area contributed by atoms with E-state index >= 15 is 0 Å². The first kappa shape index (κ1) is 21.6. The number of Topliss-reactive ketones (excluding diaryl/α,β-unsaturated/α-hetero) is 2. The van der Waals surface area contributed by atoms with Crippen LogP contribution in [0.25, 0.3) is 0 Å². The van der Waals surface area contributed by atoms with E-state index in [1.54, 1.807) is 19.9 Å². The molecule has 0 spiro atoms. The molecule has 160 valence electrons. The van der Waals surface area contributed by atoms with Crippen LogP contribution in [0.4, 0.5) is 0 Å². The van der Waals surface area contributed by atoms with Gasteiger partial charge in [-0.15, -0.1) is 0 Å². The molecule has 0 saturated carbocycles. The van der Waals surface area contributed by atoms with Crippen molar-refractivity contribution in [2.24, 2.45) is 0 Å². The third kappa shape index (κ3) is 4.25. The van der Waals surface area contributed by atoms with Gasteiger partial charge in [-0.1, -0.05) is 12.1 Å². The molecule has 1 aliphatic heterocycles. The second-order valence-corrected chi connectivity index (χ2v) is 8.25. The van der Waals surface area contributed by atoms with Crippen molar-refractivity contribution in [2.45, 2.75) is 59.7 Å². The van der Waals surface area contributed by atoms with E-state index in [1.807, 2.05) is 26.0 Å². The molecule has 7 heteroatoms. The van der Waals surface area contributed by atoms with Crippen LogP contribution < -0.4 is 9.47 Å². The number of carbonyl (C=O) groups is 3. The monoisotopic (exact) mass is 413 g/mol. The molecule has 0 saturated heterocycles. The third-order valence-electron chi connectivity index (χ3n) is 5.11. The molecule has 3 rings (SSSR count). The molecule has 0 bridgehead atoms. The fraction of sp³-hybridized carbons (Fsp3) is 0.435. The van der Waals surface area contributed by atoms with Gasteiger partial charge in [-0.05, 0) is 53.2 Å². The Balaban J connectivity index is 1.63. The van der Waals surface area contributed by atoms with E-state index in [2.05, 4.69) is 4.98 Å². The zero-order valence-corrected chi connectivity index (χ0v) is 18.2. The van der Waals surface area contributed by atoms with Gasteiger partial charge in [-0.2, -0.15) is 0 Å². The van der Waals surface area contributed by atoms with Gasteiger partial charge in [0, 0.05) is 23.2 Å². The predicted molar refractivity (Wildman–Crippen MR) is 111 cm³/mol. The fourth-order valence-corrected chi connectivity index (χ4v) is 3.85. The highest BCUT2D eigenvalue weighted by atomic mass is 16.6. The van der Waals surface area contributed by atoms with E-state index in [0.29, 0.717) is 28.3 Å². The maximum absolute atomic E-state index is 12.7. The Labute approximate surface area is 175 Å². The Morgan fingerprint density at radius 2 is 1.93 bits per heavy atom. The number of ketones is 2. The number of para-hydroxylation sites is 1. The molecular formula is C23H27NO6. The summed E-state index contributed by atoms with van der Waals surface area (Å²) in [6, 6.07) is 5.54. The number of aromatic amines is 1. The number of esters is 1. The van der Waals surface area contributed by atoms with Crippen LogP contribution >= 0.6 is 0 Å². The summed E-state index contributed by atoms with van der Waals surface area (Å²) in [6.45, 7) is 9.99. The summed E-state index contributed by atoms with van der Waals surface area (Å²) in [5.74, 6) is -0.0932. The summed E-state index contributed by atoms with van der Waals surface area (Å²) < 4.78 is 16.8. The van der Waals surface area contributed by atoms with Gasteiger partial charge < -0.3 is 19.2 Å². The van der Waals surface area contributed by atoms with Gasteiger partial charge in [-0.25, -0.2) is 4.79 Å². The molecule has 1 unspecified atom stereocenters. The molecule has 7 nitrogen and oxygen atoms in total. The van der Waals surface area contributed by atoms with Crippen molar-refractivity contribution in [1.29, 1.82) is 0 Å². The van der Waals surface area contributed by atoms with Crippen LogP contribution in [0.1, 0.15) is 65.4 Å². The molecule has 1 aromatic heterocycles. The lowest BCUT2D eigenvalue weighted by Crippen LogP contribution is -2.28. The highest BCUT2D eigenvalue weighted by Gasteiger charge is 2.32. The minimum atomic E-state index is -1.02. The lowest BCUT2D eigenvalue weighted by molar-refractivity contribution is -0.148. The first-order chi connectivity index (χ1) is 14.0. The SMILES string of the molecule is CC(=O)c1c(C)[nH]c(C(=O)C(C)OC(=O)COc2cccc3c2OC(C)(C)C3)c1C. The molecule has 0 aliphatic carbocycles. The van der Waals surface area contributed by atoms with Gasteiger partial charge in [0.1, 0.15) is 5.60 Å². The first-order valence-electron chi connectivity index (χ1n) is 9.87. The number of hydrogen-bond acceptors (Lipinski definition) is 6. The number of aromatic nitrogens is 1.